The van der Waals surface area contributed by atoms with Gasteiger partial charge in [0.25, 0.3) is 5.91 Å². The highest BCUT2D eigenvalue weighted by molar-refractivity contribution is 6.09. The van der Waals surface area contributed by atoms with Gasteiger partial charge in [-0.15, -0.1) is 0 Å². The number of fused-ring (bicyclic) bond motifs is 1. The molecule has 1 aliphatic carbocycles. The zero-order valence-corrected chi connectivity index (χ0v) is 25.1. The Labute approximate surface area is 264 Å². The maximum atomic E-state index is 15.3. The van der Waals surface area contributed by atoms with E-state index in [1.807, 2.05) is 24.3 Å². The summed E-state index contributed by atoms with van der Waals surface area (Å²) in [5.74, 6) is -2.89. The maximum Gasteiger partial charge on any atom is 0.416 e. The van der Waals surface area contributed by atoms with Crippen molar-refractivity contribution in [3.63, 3.8) is 0 Å². The van der Waals surface area contributed by atoms with Crippen LogP contribution >= 0.6 is 0 Å². The first-order chi connectivity index (χ1) is 22.0. The summed E-state index contributed by atoms with van der Waals surface area (Å²) < 4.78 is 56.5. The van der Waals surface area contributed by atoms with Crippen molar-refractivity contribution in [2.45, 2.75) is 57.5 Å². The molecule has 6 nitrogen and oxygen atoms in total. The van der Waals surface area contributed by atoms with Crippen molar-refractivity contribution in [3.8, 4) is 0 Å². The molecule has 1 fully saturated rings. The number of carbonyl (C=O) groups excluding carboxylic acids is 2. The quantitative estimate of drug-likeness (QED) is 0.182. The summed E-state index contributed by atoms with van der Waals surface area (Å²) in [6.07, 6.45) is -1.27. The van der Waals surface area contributed by atoms with E-state index in [9.17, 15) is 27.9 Å². The van der Waals surface area contributed by atoms with E-state index in [-0.39, 0.29) is 23.2 Å². The van der Waals surface area contributed by atoms with Crippen LogP contribution in [0, 0.1) is 18.7 Å². The first-order valence-corrected chi connectivity index (χ1v) is 15.2. The number of rotatable bonds is 7. The minimum atomic E-state index is -4.75. The number of aryl methyl sites for hydroxylation is 1. The number of nitrogens with one attached hydrogen (secondary N) is 2. The fourth-order valence-electron chi connectivity index (χ4n) is 6.33. The SMILES string of the molecule is Cc1cccc(F)c1C(=O)N1c2ccccc2C[C@H](C(=O)Nc2ccc(CO)c(C(F)(F)F)c2)[C@@H]1c1ccc(NC2CCC2)cc1. The molecule has 2 aliphatic rings. The Morgan fingerprint density at radius 2 is 1.65 bits per heavy atom. The molecule has 0 saturated heterocycles. The standard InChI is InChI=1S/C36H33F4N3O3/c1-21-6-4-10-30(37)32(21)35(46)43-31-11-3-2-7-23(31)18-28(33(43)22-12-15-26(16-13-22)41-25-8-5-9-25)34(45)42-27-17-14-24(20-44)29(19-27)36(38,39)40/h2-4,6-7,10-17,19,25,28,33,41,44H,5,8-9,18,20H2,1H3,(H,42,45)/t28-,33-/m0/s1. The summed E-state index contributed by atoms with van der Waals surface area (Å²) in [6.45, 7) is 0.823. The zero-order valence-electron chi connectivity index (χ0n) is 25.1. The highest BCUT2D eigenvalue weighted by atomic mass is 19.4. The highest BCUT2D eigenvalue weighted by Gasteiger charge is 2.43. The van der Waals surface area contributed by atoms with Crippen LogP contribution in [0.2, 0.25) is 0 Å². The molecule has 1 heterocycles. The molecule has 6 rings (SSSR count). The second-order valence-corrected chi connectivity index (χ2v) is 11.9. The molecule has 3 N–H and O–H groups in total. The summed E-state index contributed by atoms with van der Waals surface area (Å²) >= 11 is 0. The van der Waals surface area contributed by atoms with Crippen molar-refractivity contribution < 1.29 is 32.3 Å². The minimum absolute atomic E-state index is 0.102. The lowest BCUT2D eigenvalue weighted by Crippen LogP contribution is -2.47. The van der Waals surface area contributed by atoms with Crippen molar-refractivity contribution in [1.82, 2.24) is 0 Å². The number of hydrogen-bond donors (Lipinski definition) is 3. The molecular formula is C36H33F4N3O3. The number of aliphatic hydroxyl groups is 1. The van der Waals surface area contributed by atoms with Crippen molar-refractivity contribution >= 4 is 28.9 Å². The predicted octanol–water partition coefficient (Wildman–Crippen LogP) is 7.81. The lowest BCUT2D eigenvalue weighted by Gasteiger charge is -2.42. The Kier molecular flexibility index (Phi) is 8.57. The van der Waals surface area contributed by atoms with Crippen LogP contribution in [-0.4, -0.2) is 23.0 Å². The Morgan fingerprint density at radius 1 is 0.935 bits per heavy atom. The van der Waals surface area contributed by atoms with Crippen LogP contribution in [0.3, 0.4) is 0 Å². The van der Waals surface area contributed by atoms with Crippen LogP contribution in [0.1, 0.15) is 63.5 Å². The number of amides is 2. The zero-order chi connectivity index (χ0) is 32.6. The molecule has 1 aliphatic heterocycles. The van der Waals surface area contributed by atoms with Crippen molar-refractivity contribution in [2.75, 3.05) is 15.5 Å². The fraction of sp³-hybridized carbons (Fsp3) is 0.278. The van der Waals surface area contributed by atoms with Crippen LogP contribution in [0.25, 0.3) is 0 Å². The fourth-order valence-corrected chi connectivity index (χ4v) is 6.33. The van der Waals surface area contributed by atoms with Crippen LogP contribution in [-0.2, 0) is 24.0 Å². The molecule has 2 atom stereocenters. The Bertz CT molecular complexity index is 1750. The van der Waals surface area contributed by atoms with E-state index >= 15 is 4.39 Å². The van der Waals surface area contributed by atoms with Gasteiger partial charge in [0.15, 0.2) is 0 Å². The van der Waals surface area contributed by atoms with E-state index in [1.54, 1.807) is 37.3 Å². The minimum Gasteiger partial charge on any atom is -0.392 e. The van der Waals surface area contributed by atoms with Gasteiger partial charge in [-0.2, -0.15) is 13.2 Å². The van der Waals surface area contributed by atoms with Gasteiger partial charge in [0.2, 0.25) is 5.91 Å². The summed E-state index contributed by atoms with van der Waals surface area (Å²) in [7, 11) is 0. The normalized spacial score (nSPS) is 18.0. The molecular weight excluding hydrogens is 598 g/mol. The Hall–Kier alpha value is -4.70. The van der Waals surface area contributed by atoms with E-state index < -0.39 is 47.9 Å². The first-order valence-electron chi connectivity index (χ1n) is 15.2. The molecule has 10 heteroatoms. The second kappa shape index (κ2) is 12.6. The van der Waals surface area contributed by atoms with Crippen molar-refractivity contribution in [2.24, 2.45) is 5.92 Å². The smallest absolute Gasteiger partial charge is 0.392 e. The molecule has 4 aromatic carbocycles. The molecule has 0 spiro atoms. The average Bonchev–Trinajstić information content (AvgIpc) is 3.01. The third-order valence-electron chi connectivity index (χ3n) is 8.92. The molecule has 0 bridgehead atoms. The summed E-state index contributed by atoms with van der Waals surface area (Å²) in [5, 5.41) is 15.6. The molecule has 46 heavy (non-hydrogen) atoms. The van der Waals surface area contributed by atoms with Crippen LogP contribution < -0.4 is 15.5 Å². The Morgan fingerprint density at radius 3 is 2.30 bits per heavy atom. The topological polar surface area (TPSA) is 81.7 Å². The van der Waals surface area contributed by atoms with E-state index in [0.717, 1.165) is 37.1 Å². The van der Waals surface area contributed by atoms with Gasteiger partial charge in [-0.25, -0.2) is 4.39 Å². The van der Waals surface area contributed by atoms with Gasteiger partial charge in [-0.05, 0) is 91.3 Å². The molecule has 4 aromatic rings. The van der Waals surface area contributed by atoms with Gasteiger partial charge in [0.05, 0.1) is 29.7 Å². The van der Waals surface area contributed by atoms with Gasteiger partial charge >= 0.3 is 6.18 Å². The molecule has 238 valence electrons. The average molecular weight is 632 g/mol. The number of halogens is 4. The highest BCUT2D eigenvalue weighted by Crippen LogP contribution is 2.44. The van der Waals surface area contributed by atoms with Crippen LogP contribution in [0.5, 0.6) is 0 Å². The lowest BCUT2D eigenvalue weighted by molar-refractivity contribution is -0.138. The maximum absolute atomic E-state index is 15.3. The molecule has 1 saturated carbocycles. The van der Waals surface area contributed by atoms with E-state index in [0.29, 0.717) is 28.4 Å². The van der Waals surface area contributed by atoms with Gasteiger partial charge < -0.3 is 15.7 Å². The monoisotopic (exact) mass is 631 g/mol. The van der Waals surface area contributed by atoms with Crippen molar-refractivity contribution in [3.05, 3.63) is 124 Å². The predicted molar refractivity (Wildman–Crippen MR) is 168 cm³/mol. The number of alkyl halides is 3. The first kappa shape index (κ1) is 31.3. The molecule has 0 aromatic heterocycles. The molecule has 2 amide bonds. The van der Waals surface area contributed by atoms with Gasteiger partial charge in [0, 0.05) is 23.1 Å². The van der Waals surface area contributed by atoms with Crippen molar-refractivity contribution in [1.29, 1.82) is 0 Å². The molecule has 0 unspecified atom stereocenters. The van der Waals surface area contributed by atoms with Crippen LogP contribution in [0.15, 0.2) is 84.9 Å². The number of aliphatic hydroxyl groups excluding tert-OH is 1. The third kappa shape index (κ3) is 6.09. The number of para-hydroxylation sites is 1. The van der Waals surface area contributed by atoms with Gasteiger partial charge in [-0.1, -0.05) is 48.5 Å². The number of nitrogens with zero attached hydrogens (tertiary/aromatic N) is 1. The number of carbonyl (C=O) groups is 2. The largest absolute Gasteiger partial charge is 0.416 e. The summed E-state index contributed by atoms with van der Waals surface area (Å²) in [4.78, 5) is 29.9. The molecule has 0 radical (unpaired) electrons. The van der Waals surface area contributed by atoms with Crippen LogP contribution in [0.4, 0.5) is 34.6 Å². The van der Waals surface area contributed by atoms with E-state index in [1.165, 1.54) is 23.1 Å². The lowest BCUT2D eigenvalue weighted by atomic mass is 9.80. The van der Waals surface area contributed by atoms with Gasteiger partial charge in [0.1, 0.15) is 5.82 Å². The van der Waals surface area contributed by atoms with E-state index in [2.05, 4.69) is 10.6 Å². The third-order valence-corrected chi connectivity index (χ3v) is 8.92. The number of anilines is 3. The van der Waals surface area contributed by atoms with E-state index in [4.69, 9.17) is 0 Å². The number of benzene rings is 4. The summed E-state index contributed by atoms with van der Waals surface area (Å²) in [6, 6.07) is 21.5. The Balaban J connectivity index is 1.44. The van der Waals surface area contributed by atoms with Gasteiger partial charge in [-0.3, -0.25) is 14.5 Å². The second-order valence-electron chi connectivity index (χ2n) is 11.9. The number of hydrogen-bond acceptors (Lipinski definition) is 4. The summed E-state index contributed by atoms with van der Waals surface area (Å²) in [5.41, 5.74) is 1.51.